The zero-order chi connectivity index (χ0) is 10.1. The van der Waals surface area contributed by atoms with E-state index in [-0.39, 0.29) is 16.2 Å². The number of aromatic hydroxyl groups is 1. The van der Waals surface area contributed by atoms with Crippen LogP contribution in [0.15, 0.2) is 23.1 Å². The molecule has 0 radical (unpaired) electrons. The molecule has 1 rings (SSSR count). The normalized spacial score (nSPS) is 10.8. The van der Waals surface area contributed by atoms with E-state index < -0.39 is 9.84 Å². The van der Waals surface area contributed by atoms with Gasteiger partial charge >= 0.3 is 0 Å². The lowest BCUT2D eigenvalue weighted by atomic mass is 10.2. The van der Waals surface area contributed by atoms with E-state index in [9.17, 15) is 13.5 Å². The summed E-state index contributed by atoms with van der Waals surface area (Å²) in [7, 11) is -3.42. The number of nitriles is 1. The van der Waals surface area contributed by atoms with Gasteiger partial charge in [0.05, 0.1) is 11.6 Å². The Balaban J connectivity index is 3.40. The van der Waals surface area contributed by atoms with Crippen molar-refractivity contribution in [2.45, 2.75) is 4.90 Å². The topological polar surface area (TPSA) is 78.2 Å². The number of benzene rings is 1. The Morgan fingerprint density at radius 1 is 1.46 bits per heavy atom. The van der Waals surface area contributed by atoms with Crippen LogP contribution in [0.25, 0.3) is 0 Å². The predicted octanol–water partition coefficient (Wildman–Crippen LogP) is 0.667. The molecule has 4 nitrogen and oxygen atoms in total. The quantitative estimate of drug-likeness (QED) is 0.717. The first-order valence-corrected chi connectivity index (χ1v) is 5.27. The van der Waals surface area contributed by atoms with Crippen molar-refractivity contribution in [2.75, 3.05) is 6.26 Å². The third kappa shape index (κ3) is 1.98. The van der Waals surface area contributed by atoms with Crippen molar-refractivity contribution >= 4 is 9.84 Å². The molecule has 0 saturated carbocycles. The Labute approximate surface area is 76.0 Å². The Morgan fingerprint density at radius 2 is 2.08 bits per heavy atom. The summed E-state index contributed by atoms with van der Waals surface area (Å²) in [6, 6.07) is 5.47. The molecule has 1 aromatic carbocycles. The van der Waals surface area contributed by atoms with Gasteiger partial charge in [-0.3, -0.25) is 0 Å². The molecule has 0 atom stereocenters. The van der Waals surface area contributed by atoms with Gasteiger partial charge in [-0.2, -0.15) is 5.26 Å². The van der Waals surface area contributed by atoms with Crippen LogP contribution in [0.4, 0.5) is 0 Å². The monoisotopic (exact) mass is 197 g/mol. The number of rotatable bonds is 1. The molecule has 0 spiro atoms. The molecule has 68 valence electrons. The second-order valence-corrected chi connectivity index (χ2v) is 4.55. The molecule has 0 amide bonds. The van der Waals surface area contributed by atoms with Gasteiger partial charge in [0.2, 0.25) is 0 Å². The molecule has 1 N–H and O–H groups in total. The molecule has 0 bridgehead atoms. The molecule has 5 heteroatoms. The van der Waals surface area contributed by atoms with Crippen LogP contribution in [-0.2, 0) is 9.84 Å². The number of nitrogens with zero attached hydrogens (tertiary/aromatic N) is 1. The molecule has 13 heavy (non-hydrogen) atoms. The average molecular weight is 197 g/mol. The minimum absolute atomic E-state index is 0.161. The Bertz CT molecular complexity index is 471. The minimum Gasteiger partial charge on any atom is -0.507 e. The third-order valence-electron chi connectivity index (χ3n) is 1.49. The van der Waals surface area contributed by atoms with E-state index in [0.29, 0.717) is 0 Å². The van der Waals surface area contributed by atoms with Crippen LogP contribution in [0, 0.1) is 11.3 Å². The number of phenolic OH excluding ortho intramolecular Hbond substituents is 1. The van der Waals surface area contributed by atoms with Crippen LogP contribution >= 0.6 is 0 Å². The summed E-state index contributed by atoms with van der Waals surface area (Å²) in [6.45, 7) is 0. The first-order chi connectivity index (χ1) is 5.95. The second-order valence-electron chi connectivity index (χ2n) is 2.57. The summed E-state index contributed by atoms with van der Waals surface area (Å²) in [6.07, 6.45) is 0.994. The van der Waals surface area contributed by atoms with Gasteiger partial charge in [0.25, 0.3) is 0 Å². The lowest BCUT2D eigenvalue weighted by Crippen LogP contribution is -1.97. The highest BCUT2D eigenvalue weighted by Gasteiger charge is 2.12. The van der Waals surface area contributed by atoms with Crippen molar-refractivity contribution in [1.29, 1.82) is 5.26 Å². The fourth-order valence-electron chi connectivity index (χ4n) is 0.900. The van der Waals surface area contributed by atoms with Crippen molar-refractivity contribution in [1.82, 2.24) is 0 Å². The summed E-state index contributed by atoms with van der Waals surface area (Å²) >= 11 is 0. The zero-order valence-electron chi connectivity index (χ0n) is 6.85. The van der Waals surface area contributed by atoms with Gasteiger partial charge in [-0.1, -0.05) is 0 Å². The van der Waals surface area contributed by atoms with Crippen LogP contribution in [-0.4, -0.2) is 19.8 Å². The maximum Gasteiger partial charge on any atom is 0.179 e. The van der Waals surface area contributed by atoms with E-state index >= 15 is 0 Å². The van der Waals surface area contributed by atoms with E-state index in [4.69, 9.17) is 5.26 Å². The molecule has 0 aliphatic carbocycles. The standard InChI is InChI=1S/C8H7NO3S/c1-13(11,12)8-3-2-6(5-9)4-7(8)10/h2-4,10H,1H3. The Morgan fingerprint density at radius 3 is 2.46 bits per heavy atom. The lowest BCUT2D eigenvalue weighted by Gasteiger charge is -2.00. The Hall–Kier alpha value is -1.54. The van der Waals surface area contributed by atoms with Crippen LogP contribution in [0.5, 0.6) is 5.75 Å². The highest BCUT2D eigenvalue weighted by molar-refractivity contribution is 7.90. The van der Waals surface area contributed by atoms with Gasteiger partial charge in [0, 0.05) is 6.26 Å². The first kappa shape index (κ1) is 9.55. The van der Waals surface area contributed by atoms with Crippen LogP contribution in [0.3, 0.4) is 0 Å². The molecule has 0 aliphatic heterocycles. The molecular weight excluding hydrogens is 190 g/mol. The van der Waals surface area contributed by atoms with Gasteiger partial charge in [0.1, 0.15) is 10.6 Å². The summed E-state index contributed by atoms with van der Waals surface area (Å²) in [4.78, 5) is -0.161. The highest BCUT2D eigenvalue weighted by atomic mass is 32.2. The molecule has 0 aliphatic rings. The van der Waals surface area contributed by atoms with Crippen molar-refractivity contribution in [3.8, 4) is 11.8 Å². The summed E-state index contributed by atoms with van der Waals surface area (Å²) in [5.74, 6) is -0.387. The van der Waals surface area contributed by atoms with Gasteiger partial charge in [0.15, 0.2) is 9.84 Å². The van der Waals surface area contributed by atoms with E-state index in [2.05, 4.69) is 0 Å². The largest absolute Gasteiger partial charge is 0.507 e. The van der Waals surface area contributed by atoms with Crippen molar-refractivity contribution in [2.24, 2.45) is 0 Å². The van der Waals surface area contributed by atoms with Crippen molar-refractivity contribution < 1.29 is 13.5 Å². The molecular formula is C8H7NO3S. The summed E-state index contributed by atoms with van der Waals surface area (Å²) in [5, 5.41) is 17.7. The molecule has 0 aromatic heterocycles. The zero-order valence-corrected chi connectivity index (χ0v) is 7.67. The van der Waals surface area contributed by atoms with Gasteiger partial charge in [-0.05, 0) is 18.2 Å². The van der Waals surface area contributed by atoms with Crippen LogP contribution in [0.1, 0.15) is 5.56 Å². The minimum atomic E-state index is -3.42. The van der Waals surface area contributed by atoms with Crippen molar-refractivity contribution in [3.63, 3.8) is 0 Å². The fraction of sp³-hybridized carbons (Fsp3) is 0.125. The van der Waals surface area contributed by atoms with Crippen molar-refractivity contribution in [3.05, 3.63) is 23.8 Å². The fourth-order valence-corrected chi connectivity index (χ4v) is 1.65. The van der Waals surface area contributed by atoms with E-state index in [0.717, 1.165) is 12.3 Å². The Kier molecular flexibility index (Phi) is 2.26. The van der Waals surface area contributed by atoms with E-state index in [1.54, 1.807) is 6.07 Å². The second kappa shape index (κ2) is 3.07. The lowest BCUT2D eigenvalue weighted by molar-refractivity contribution is 0.459. The van der Waals surface area contributed by atoms with Crippen LogP contribution < -0.4 is 0 Å². The number of hydrogen-bond donors (Lipinski definition) is 1. The van der Waals surface area contributed by atoms with E-state index in [1.165, 1.54) is 12.1 Å². The predicted molar refractivity (Wildman–Crippen MR) is 45.9 cm³/mol. The van der Waals surface area contributed by atoms with Gasteiger partial charge in [-0.25, -0.2) is 8.42 Å². The molecule has 0 heterocycles. The van der Waals surface area contributed by atoms with Crippen LogP contribution in [0.2, 0.25) is 0 Å². The SMILES string of the molecule is CS(=O)(=O)c1ccc(C#N)cc1O. The number of sulfone groups is 1. The maximum atomic E-state index is 11.0. The average Bonchev–Trinajstić information content (AvgIpc) is 2.01. The third-order valence-corrected chi connectivity index (χ3v) is 2.63. The van der Waals surface area contributed by atoms with E-state index in [1.807, 2.05) is 0 Å². The van der Waals surface area contributed by atoms with Gasteiger partial charge in [-0.15, -0.1) is 0 Å². The molecule has 1 aromatic rings. The molecule has 0 saturated heterocycles. The summed E-state index contributed by atoms with van der Waals surface area (Å²) < 4.78 is 22.0. The first-order valence-electron chi connectivity index (χ1n) is 3.38. The van der Waals surface area contributed by atoms with Gasteiger partial charge < -0.3 is 5.11 Å². The number of phenols is 1. The maximum absolute atomic E-state index is 11.0. The number of hydrogen-bond acceptors (Lipinski definition) is 4. The highest BCUT2D eigenvalue weighted by Crippen LogP contribution is 2.22. The molecule has 0 unspecified atom stereocenters. The summed E-state index contributed by atoms with van der Waals surface area (Å²) in [5.41, 5.74) is 0.227. The smallest absolute Gasteiger partial charge is 0.179 e. The molecule has 0 fully saturated rings.